The van der Waals surface area contributed by atoms with Gasteiger partial charge in [-0.2, -0.15) is 0 Å². The highest BCUT2D eigenvalue weighted by Crippen LogP contribution is 2.15. The van der Waals surface area contributed by atoms with Crippen molar-refractivity contribution in [1.29, 1.82) is 0 Å². The van der Waals surface area contributed by atoms with Gasteiger partial charge in [-0.05, 0) is 24.0 Å². The molecule has 0 radical (unpaired) electrons. The summed E-state index contributed by atoms with van der Waals surface area (Å²) in [7, 11) is 0. The molecule has 0 spiro atoms. The van der Waals surface area contributed by atoms with Gasteiger partial charge in [0.1, 0.15) is 0 Å². The number of aliphatic carboxylic acids is 1. The highest BCUT2D eigenvalue weighted by Gasteiger charge is 2.07. The zero-order valence-electron chi connectivity index (χ0n) is 20.5. The number of carboxylic acid groups (broad SMARTS) is 1. The van der Waals surface area contributed by atoms with Gasteiger partial charge >= 0.3 is 5.97 Å². The van der Waals surface area contributed by atoms with Gasteiger partial charge in [-0.3, -0.25) is 4.79 Å². The normalized spacial score (nSPS) is 11.7. The fraction of sp³-hybridized carbons (Fsp3) is 0.714. The van der Waals surface area contributed by atoms with E-state index in [9.17, 15) is 4.79 Å². The summed E-state index contributed by atoms with van der Waals surface area (Å²) in [5.41, 5.74) is 2.51. The first-order valence-corrected chi connectivity index (χ1v) is 13.2. The molecule has 2 N–H and O–H groups in total. The predicted molar refractivity (Wildman–Crippen MR) is 135 cm³/mol. The van der Waals surface area contributed by atoms with Crippen LogP contribution in [0.25, 0.3) is 0 Å². The van der Waals surface area contributed by atoms with Crippen LogP contribution in [0.4, 0.5) is 0 Å². The molecule has 4 nitrogen and oxygen atoms in total. The quantitative estimate of drug-likeness (QED) is 0.0862. The van der Waals surface area contributed by atoms with Crippen molar-refractivity contribution in [3.63, 3.8) is 0 Å². The number of benzene rings is 1. The van der Waals surface area contributed by atoms with E-state index in [-0.39, 0.29) is 12.8 Å². The molecule has 0 unspecified atom stereocenters. The zero-order chi connectivity index (χ0) is 23.3. The van der Waals surface area contributed by atoms with Crippen molar-refractivity contribution < 1.29 is 15.1 Å². The maximum atomic E-state index is 10.7. The summed E-state index contributed by atoms with van der Waals surface area (Å²) in [5.74, 6) is -0.883. The molecule has 0 heterocycles. The third kappa shape index (κ3) is 15.0. The minimum atomic E-state index is -0.883. The number of aryl methyl sites for hydroxylation is 1. The molecule has 0 aliphatic carbocycles. The molecular formula is C28H47NO3. The molecule has 1 aromatic rings. The number of rotatable bonds is 21. The van der Waals surface area contributed by atoms with Crippen molar-refractivity contribution in [3.8, 4) is 0 Å². The lowest BCUT2D eigenvalue weighted by atomic mass is 10.0. The van der Waals surface area contributed by atoms with Crippen molar-refractivity contribution in [2.75, 3.05) is 0 Å². The molecule has 182 valence electrons. The van der Waals surface area contributed by atoms with Gasteiger partial charge in [0.2, 0.25) is 0 Å². The van der Waals surface area contributed by atoms with Gasteiger partial charge in [0.15, 0.2) is 0 Å². The lowest BCUT2D eigenvalue weighted by molar-refractivity contribution is -0.136. The Kier molecular flexibility index (Phi) is 17.5. The van der Waals surface area contributed by atoms with E-state index in [1.807, 2.05) is 12.1 Å². The fourth-order valence-corrected chi connectivity index (χ4v) is 4.22. The maximum Gasteiger partial charge on any atom is 0.303 e. The Balaban J connectivity index is 1.96. The summed E-state index contributed by atoms with van der Waals surface area (Å²) < 4.78 is 0. The van der Waals surface area contributed by atoms with Crippen LogP contribution in [-0.2, 0) is 11.2 Å². The molecule has 0 fully saturated rings. The average Bonchev–Trinajstić information content (AvgIpc) is 2.80. The first-order chi connectivity index (χ1) is 15.7. The van der Waals surface area contributed by atoms with E-state index in [0.717, 1.165) is 12.0 Å². The minimum Gasteiger partial charge on any atom is -0.481 e. The van der Waals surface area contributed by atoms with Crippen molar-refractivity contribution >= 4 is 11.7 Å². The average molecular weight is 446 g/mol. The van der Waals surface area contributed by atoms with Crippen LogP contribution in [0.1, 0.15) is 134 Å². The molecule has 0 saturated heterocycles. The number of carbonyl (C=O) groups is 1. The molecule has 0 bridgehead atoms. The number of oxime groups is 1. The summed E-state index contributed by atoms with van der Waals surface area (Å²) in [5, 5.41) is 21.2. The lowest BCUT2D eigenvalue weighted by Crippen LogP contribution is -2.05. The molecule has 0 aliphatic heterocycles. The summed E-state index contributed by atoms with van der Waals surface area (Å²) in [4.78, 5) is 10.7. The first kappa shape index (κ1) is 28.2. The lowest BCUT2D eigenvalue weighted by Gasteiger charge is -2.06. The molecule has 0 amide bonds. The smallest absolute Gasteiger partial charge is 0.303 e. The Bertz CT molecular complexity index is 610. The van der Waals surface area contributed by atoms with Crippen LogP contribution in [0.3, 0.4) is 0 Å². The highest BCUT2D eigenvalue weighted by atomic mass is 16.4. The molecule has 0 aliphatic rings. The zero-order valence-corrected chi connectivity index (χ0v) is 20.5. The van der Waals surface area contributed by atoms with E-state index in [0.29, 0.717) is 5.71 Å². The topological polar surface area (TPSA) is 69.9 Å². The Hall–Kier alpha value is -1.84. The molecule has 0 atom stereocenters. The predicted octanol–water partition coefficient (Wildman–Crippen LogP) is 8.53. The molecular weight excluding hydrogens is 398 g/mol. The largest absolute Gasteiger partial charge is 0.481 e. The van der Waals surface area contributed by atoms with Crippen molar-refractivity contribution in [2.45, 2.75) is 129 Å². The molecule has 0 saturated carbocycles. The van der Waals surface area contributed by atoms with Gasteiger partial charge in [0, 0.05) is 6.42 Å². The van der Waals surface area contributed by atoms with Crippen LogP contribution in [-0.4, -0.2) is 22.0 Å². The SMILES string of the molecule is CCCCCCCCCCCCCCCCCCc1ccc(/C(CCC(=O)O)=N/O)cc1. The van der Waals surface area contributed by atoms with Crippen LogP contribution >= 0.6 is 0 Å². The summed E-state index contributed by atoms with van der Waals surface area (Å²) in [6, 6.07) is 7.98. The number of unbranched alkanes of at least 4 members (excludes halogenated alkanes) is 15. The van der Waals surface area contributed by atoms with Crippen LogP contribution in [0, 0.1) is 0 Å². The minimum absolute atomic E-state index is 0.0274. The van der Waals surface area contributed by atoms with Gasteiger partial charge in [0.25, 0.3) is 0 Å². The Labute approximate surface area is 196 Å². The third-order valence-electron chi connectivity index (χ3n) is 6.30. The molecule has 0 aromatic heterocycles. The van der Waals surface area contributed by atoms with Crippen LogP contribution in [0.2, 0.25) is 0 Å². The van der Waals surface area contributed by atoms with Crippen molar-refractivity contribution in [2.24, 2.45) is 5.16 Å². The molecule has 4 heteroatoms. The number of nitrogens with zero attached hydrogens (tertiary/aromatic N) is 1. The number of hydrogen-bond donors (Lipinski definition) is 2. The van der Waals surface area contributed by atoms with Gasteiger partial charge in [-0.1, -0.05) is 133 Å². The Morgan fingerprint density at radius 3 is 1.53 bits per heavy atom. The summed E-state index contributed by atoms with van der Waals surface area (Å²) >= 11 is 0. The second kappa shape index (κ2) is 19.8. The van der Waals surface area contributed by atoms with E-state index >= 15 is 0 Å². The Morgan fingerprint density at radius 1 is 0.688 bits per heavy atom. The first-order valence-electron chi connectivity index (χ1n) is 13.2. The van der Waals surface area contributed by atoms with Crippen molar-refractivity contribution in [3.05, 3.63) is 35.4 Å². The van der Waals surface area contributed by atoms with Crippen LogP contribution in [0.15, 0.2) is 29.4 Å². The second-order valence-corrected chi connectivity index (χ2v) is 9.19. The van der Waals surface area contributed by atoms with Gasteiger partial charge in [-0.25, -0.2) is 0 Å². The van der Waals surface area contributed by atoms with Gasteiger partial charge in [-0.15, -0.1) is 0 Å². The monoisotopic (exact) mass is 445 g/mol. The standard InChI is InChI=1S/C28H47NO3/c1-2-3-4-5-6-7-8-9-10-11-12-13-14-15-16-17-18-25-19-21-26(22-20-25)27(29-32)23-24-28(30)31/h19-22,32H,2-18,23-24H2,1H3,(H,30,31)/b29-27+. The fourth-order valence-electron chi connectivity index (χ4n) is 4.22. The maximum absolute atomic E-state index is 10.7. The Morgan fingerprint density at radius 2 is 1.12 bits per heavy atom. The van der Waals surface area contributed by atoms with E-state index in [1.54, 1.807) is 0 Å². The molecule has 1 aromatic carbocycles. The van der Waals surface area contributed by atoms with Crippen LogP contribution in [0.5, 0.6) is 0 Å². The third-order valence-corrected chi connectivity index (χ3v) is 6.30. The molecule has 1 rings (SSSR count). The van der Waals surface area contributed by atoms with E-state index in [4.69, 9.17) is 10.3 Å². The van der Waals surface area contributed by atoms with E-state index < -0.39 is 5.97 Å². The van der Waals surface area contributed by atoms with Crippen LogP contribution < -0.4 is 0 Å². The summed E-state index contributed by atoms with van der Waals surface area (Å²) in [6.45, 7) is 2.28. The molecule has 32 heavy (non-hydrogen) atoms. The highest BCUT2D eigenvalue weighted by molar-refractivity contribution is 6.01. The second-order valence-electron chi connectivity index (χ2n) is 9.19. The number of hydrogen-bond acceptors (Lipinski definition) is 3. The van der Waals surface area contributed by atoms with E-state index in [2.05, 4.69) is 24.2 Å². The van der Waals surface area contributed by atoms with Crippen molar-refractivity contribution in [1.82, 2.24) is 0 Å². The van der Waals surface area contributed by atoms with Gasteiger partial charge < -0.3 is 10.3 Å². The summed E-state index contributed by atoms with van der Waals surface area (Å²) in [6.07, 6.45) is 23.4. The van der Waals surface area contributed by atoms with Gasteiger partial charge in [0.05, 0.1) is 12.1 Å². The van der Waals surface area contributed by atoms with E-state index in [1.165, 1.54) is 108 Å². The number of carboxylic acids is 1.